The number of para-hydroxylation sites is 2. The molecule has 0 unspecified atom stereocenters. The van der Waals surface area contributed by atoms with E-state index in [1.165, 1.54) is 0 Å². The van der Waals surface area contributed by atoms with Crippen LogP contribution in [0.15, 0.2) is 48.5 Å². The fraction of sp³-hybridized carbons (Fsp3) is 0.0714. The number of hydrogen-bond donors (Lipinski definition) is 2. The first-order valence-corrected chi connectivity index (χ1v) is 6.44. The summed E-state index contributed by atoms with van der Waals surface area (Å²) >= 11 is 11.1. The Bertz CT molecular complexity index is 572. The molecule has 0 radical (unpaired) electrons. The SMILES string of the molecule is COc1ccccc1NC(=S)Nc1ccc(Cl)cc1. The molecule has 19 heavy (non-hydrogen) atoms. The molecule has 3 nitrogen and oxygen atoms in total. The van der Waals surface area contributed by atoms with Crippen molar-refractivity contribution in [2.45, 2.75) is 0 Å². The highest BCUT2D eigenvalue weighted by atomic mass is 35.5. The third kappa shape index (κ3) is 3.84. The van der Waals surface area contributed by atoms with Crippen molar-refractivity contribution in [2.24, 2.45) is 0 Å². The first-order chi connectivity index (χ1) is 9.19. The second kappa shape index (κ2) is 6.41. The monoisotopic (exact) mass is 292 g/mol. The van der Waals surface area contributed by atoms with Gasteiger partial charge < -0.3 is 15.4 Å². The lowest BCUT2D eigenvalue weighted by atomic mass is 10.3. The lowest BCUT2D eigenvalue weighted by molar-refractivity contribution is 0.417. The van der Waals surface area contributed by atoms with Crippen LogP contribution in [-0.2, 0) is 0 Å². The Morgan fingerprint density at radius 1 is 1.05 bits per heavy atom. The summed E-state index contributed by atoms with van der Waals surface area (Å²) in [5, 5.41) is 7.34. The Balaban J connectivity index is 2.03. The van der Waals surface area contributed by atoms with Gasteiger partial charge in [-0.15, -0.1) is 0 Å². The van der Waals surface area contributed by atoms with Gasteiger partial charge in [-0.2, -0.15) is 0 Å². The molecular weight excluding hydrogens is 280 g/mol. The molecule has 0 saturated carbocycles. The quantitative estimate of drug-likeness (QED) is 0.832. The van der Waals surface area contributed by atoms with Crippen LogP contribution >= 0.6 is 23.8 Å². The summed E-state index contributed by atoms with van der Waals surface area (Å²) in [6.45, 7) is 0. The Kier molecular flexibility index (Phi) is 4.60. The molecule has 0 aliphatic heterocycles. The highest BCUT2D eigenvalue weighted by Gasteiger charge is 2.03. The first kappa shape index (κ1) is 13.6. The van der Waals surface area contributed by atoms with E-state index in [4.69, 9.17) is 28.6 Å². The van der Waals surface area contributed by atoms with Crippen LogP contribution in [0.2, 0.25) is 5.02 Å². The molecule has 0 amide bonds. The van der Waals surface area contributed by atoms with Crippen LogP contribution in [0, 0.1) is 0 Å². The molecule has 5 heteroatoms. The minimum Gasteiger partial charge on any atom is -0.495 e. The van der Waals surface area contributed by atoms with Crippen molar-refractivity contribution >= 4 is 40.3 Å². The maximum Gasteiger partial charge on any atom is 0.175 e. The number of rotatable bonds is 3. The molecular formula is C14H13ClN2OS. The average Bonchev–Trinajstić information content (AvgIpc) is 2.42. The largest absolute Gasteiger partial charge is 0.495 e. The van der Waals surface area contributed by atoms with Crippen LogP contribution in [0.5, 0.6) is 5.75 Å². The number of ether oxygens (including phenoxy) is 1. The van der Waals surface area contributed by atoms with Gasteiger partial charge in [0.05, 0.1) is 12.8 Å². The van der Waals surface area contributed by atoms with Crippen LogP contribution in [0.4, 0.5) is 11.4 Å². The molecule has 0 aliphatic carbocycles. The van der Waals surface area contributed by atoms with Gasteiger partial charge in [-0.25, -0.2) is 0 Å². The maximum atomic E-state index is 5.82. The van der Waals surface area contributed by atoms with Crippen molar-refractivity contribution in [2.75, 3.05) is 17.7 Å². The highest BCUT2D eigenvalue weighted by molar-refractivity contribution is 7.80. The molecule has 0 saturated heterocycles. The normalized spacial score (nSPS) is 9.79. The number of halogens is 1. The minimum absolute atomic E-state index is 0.492. The van der Waals surface area contributed by atoms with Gasteiger partial charge in [-0.1, -0.05) is 23.7 Å². The zero-order chi connectivity index (χ0) is 13.7. The maximum absolute atomic E-state index is 5.82. The fourth-order valence-electron chi connectivity index (χ4n) is 1.57. The molecule has 2 aromatic rings. The van der Waals surface area contributed by atoms with Crippen molar-refractivity contribution in [3.63, 3.8) is 0 Å². The first-order valence-electron chi connectivity index (χ1n) is 5.65. The Hall–Kier alpha value is -1.78. The number of thiocarbonyl (C=S) groups is 1. The van der Waals surface area contributed by atoms with Gasteiger partial charge >= 0.3 is 0 Å². The second-order valence-corrected chi connectivity index (χ2v) is 4.63. The molecule has 2 N–H and O–H groups in total. The van der Waals surface area contributed by atoms with Crippen LogP contribution in [0.3, 0.4) is 0 Å². The molecule has 0 atom stereocenters. The zero-order valence-electron chi connectivity index (χ0n) is 10.3. The van der Waals surface area contributed by atoms with Crippen molar-refractivity contribution in [3.8, 4) is 5.75 Å². The van der Waals surface area contributed by atoms with Gasteiger partial charge in [-0.05, 0) is 48.6 Å². The summed E-state index contributed by atoms with van der Waals surface area (Å²) in [6.07, 6.45) is 0. The average molecular weight is 293 g/mol. The molecule has 2 rings (SSSR count). The number of hydrogen-bond acceptors (Lipinski definition) is 2. The number of methoxy groups -OCH3 is 1. The molecule has 0 aromatic heterocycles. The summed E-state index contributed by atoms with van der Waals surface area (Å²) in [6, 6.07) is 14.9. The lowest BCUT2D eigenvalue weighted by Gasteiger charge is -2.13. The van der Waals surface area contributed by atoms with E-state index in [1.807, 2.05) is 36.4 Å². The summed E-state index contributed by atoms with van der Waals surface area (Å²) in [5.41, 5.74) is 1.69. The Labute approximate surface area is 122 Å². The zero-order valence-corrected chi connectivity index (χ0v) is 11.9. The van der Waals surface area contributed by atoms with E-state index in [-0.39, 0.29) is 0 Å². The molecule has 98 valence electrons. The van der Waals surface area contributed by atoms with Crippen LogP contribution in [0.1, 0.15) is 0 Å². The molecule has 0 spiro atoms. The standard InChI is InChI=1S/C14H13ClN2OS/c1-18-13-5-3-2-4-12(13)17-14(19)16-11-8-6-10(15)7-9-11/h2-9H,1H3,(H2,16,17,19). The Morgan fingerprint density at radius 2 is 1.74 bits per heavy atom. The fourth-order valence-corrected chi connectivity index (χ4v) is 1.92. The summed E-state index contributed by atoms with van der Waals surface area (Å²) in [4.78, 5) is 0. The predicted octanol–water partition coefficient (Wildman–Crippen LogP) is 4.16. The topological polar surface area (TPSA) is 33.3 Å². The van der Waals surface area contributed by atoms with E-state index < -0.39 is 0 Å². The number of anilines is 2. The van der Waals surface area contributed by atoms with Gasteiger partial charge in [0.15, 0.2) is 5.11 Å². The van der Waals surface area contributed by atoms with E-state index >= 15 is 0 Å². The van der Waals surface area contributed by atoms with Gasteiger partial charge in [-0.3, -0.25) is 0 Å². The predicted molar refractivity (Wildman–Crippen MR) is 84.3 cm³/mol. The molecule has 0 aliphatic rings. The third-order valence-electron chi connectivity index (χ3n) is 2.46. The Morgan fingerprint density at radius 3 is 2.42 bits per heavy atom. The van der Waals surface area contributed by atoms with E-state index in [2.05, 4.69) is 10.6 Å². The van der Waals surface area contributed by atoms with Crippen LogP contribution in [-0.4, -0.2) is 12.2 Å². The minimum atomic E-state index is 0.492. The molecule has 0 fully saturated rings. The van der Waals surface area contributed by atoms with Gasteiger partial charge in [0.2, 0.25) is 0 Å². The molecule has 0 heterocycles. The number of benzene rings is 2. The van der Waals surface area contributed by atoms with Crippen molar-refractivity contribution in [3.05, 3.63) is 53.6 Å². The van der Waals surface area contributed by atoms with Gasteiger partial charge in [0.1, 0.15) is 5.75 Å². The lowest BCUT2D eigenvalue weighted by Crippen LogP contribution is -2.19. The second-order valence-electron chi connectivity index (χ2n) is 3.79. The van der Waals surface area contributed by atoms with Crippen molar-refractivity contribution in [1.29, 1.82) is 0 Å². The summed E-state index contributed by atoms with van der Waals surface area (Å²) in [5.74, 6) is 0.739. The van der Waals surface area contributed by atoms with E-state index in [1.54, 1.807) is 19.2 Å². The summed E-state index contributed by atoms with van der Waals surface area (Å²) in [7, 11) is 1.62. The van der Waals surface area contributed by atoms with Crippen LogP contribution in [0.25, 0.3) is 0 Å². The van der Waals surface area contributed by atoms with Crippen molar-refractivity contribution in [1.82, 2.24) is 0 Å². The summed E-state index contributed by atoms with van der Waals surface area (Å²) < 4.78 is 5.24. The van der Waals surface area contributed by atoms with Gasteiger partial charge in [0.25, 0.3) is 0 Å². The van der Waals surface area contributed by atoms with E-state index in [0.717, 1.165) is 17.1 Å². The van der Waals surface area contributed by atoms with Crippen molar-refractivity contribution < 1.29 is 4.74 Å². The number of nitrogens with one attached hydrogen (secondary N) is 2. The molecule has 2 aromatic carbocycles. The van der Waals surface area contributed by atoms with E-state index in [9.17, 15) is 0 Å². The van der Waals surface area contributed by atoms with E-state index in [0.29, 0.717) is 10.1 Å². The van der Waals surface area contributed by atoms with Crippen LogP contribution < -0.4 is 15.4 Å². The highest BCUT2D eigenvalue weighted by Crippen LogP contribution is 2.23. The smallest absolute Gasteiger partial charge is 0.175 e. The molecule has 0 bridgehead atoms. The van der Waals surface area contributed by atoms with Gasteiger partial charge in [0, 0.05) is 10.7 Å². The third-order valence-corrected chi connectivity index (χ3v) is 2.91.